The van der Waals surface area contributed by atoms with Crippen molar-refractivity contribution in [3.05, 3.63) is 0 Å². The van der Waals surface area contributed by atoms with E-state index in [9.17, 15) is 19.2 Å². The Kier molecular flexibility index (Phi) is 21.4. The number of carbonyl (C=O) groups excluding carboxylic acids is 4. The molecule has 4 unspecified atom stereocenters. The molecule has 0 aromatic heterocycles. The van der Waals surface area contributed by atoms with Crippen LogP contribution >= 0.6 is 0 Å². The number of carbonyl (C=O) groups is 4. The summed E-state index contributed by atoms with van der Waals surface area (Å²) in [5, 5.41) is 0. The average molecular weight is 609 g/mol. The van der Waals surface area contributed by atoms with Crippen LogP contribution in [0.5, 0.6) is 0 Å². The first-order valence-electron chi connectivity index (χ1n) is 14.7. The van der Waals surface area contributed by atoms with Crippen LogP contribution in [0, 0.1) is 23.7 Å². The lowest BCUT2D eigenvalue weighted by Crippen LogP contribution is -2.52. The number of ether oxygens (including phenoxy) is 4. The Hall–Kier alpha value is -2.06. The molecule has 0 bridgehead atoms. The van der Waals surface area contributed by atoms with E-state index in [-0.39, 0.29) is 100 Å². The zero-order chi connectivity index (χ0) is 31.3. The van der Waals surface area contributed by atoms with Gasteiger partial charge in [0, 0.05) is 0 Å². The predicted octanol–water partition coefficient (Wildman–Crippen LogP) is 3.85. The van der Waals surface area contributed by atoms with E-state index in [4.69, 9.17) is 36.7 Å². The van der Waals surface area contributed by atoms with Gasteiger partial charge < -0.3 is 36.7 Å². The van der Waals surface area contributed by atoms with E-state index in [1.807, 2.05) is 27.7 Å². The van der Waals surface area contributed by atoms with Gasteiger partial charge in [0.05, 0.1) is 50.1 Å². The molecule has 0 N–H and O–H groups in total. The second kappa shape index (κ2) is 22.5. The van der Waals surface area contributed by atoms with E-state index in [1.54, 1.807) is 27.7 Å². The quantitative estimate of drug-likeness (QED) is 0.0680. The fraction of sp³-hybridized carbons (Fsp3) is 0.857. The van der Waals surface area contributed by atoms with Crippen molar-refractivity contribution in [2.45, 2.75) is 81.1 Å². The van der Waals surface area contributed by atoms with Gasteiger partial charge in [0.1, 0.15) is 26.4 Å². The molecule has 4 atom stereocenters. The molecule has 41 heavy (non-hydrogen) atoms. The minimum atomic E-state index is -3.99. The zero-order valence-corrected chi connectivity index (χ0v) is 27.2. The lowest BCUT2D eigenvalue weighted by molar-refractivity contribution is -0.151. The fourth-order valence-corrected chi connectivity index (χ4v) is 4.55. The van der Waals surface area contributed by atoms with Crippen molar-refractivity contribution >= 4 is 32.9 Å². The van der Waals surface area contributed by atoms with Crippen LogP contribution in [0.25, 0.3) is 0 Å². The molecule has 240 valence electrons. The van der Waals surface area contributed by atoms with Crippen molar-refractivity contribution in [3.8, 4) is 0 Å². The van der Waals surface area contributed by atoms with Crippen LogP contribution in [0.1, 0.15) is 81.1 Å². The largest absolute Gasteiger partial charge is 0.680 e. The third-order valence-corrected chi connectivity index (χ3v) is 8.72. The van der Waals surface area contributed by atoms with Gasteiger partial charge in [0.15, 0.2) is 0 Å². The average Bonchev–Trinajstić information content (AvgIpc) is 2.99. The van der Waals surface area contributed by atoms with Gasteiger partial charge >= 0.3 is 32.9 Å². The third kappa shape index (κ3) is 16.8. The monoisotopic (exact) mass is 608 g/mol. The molecule has 0 amide bonds. The maximum absolute atomic E-state index is 12.1. The lowest BCUT2D eigenvalue weighted by Gasteiger charge is -2.28. The molecule has 0 radical (unpaired) electrons. The molecule has 13 heteroatoms. The normalized spacial score (nSPS) is 15.6. The van der Waals surface area contributed by atoms with Crippen LogP contribution in [0.15, 0.2) is 0 Å². The highest BCUT2D eigenvalue weighted by molar-refractivity contribution is 6.53. The van der Waals surface area contributed by atoms with Crippen LogP contribution in [0.2, 0.25) is 0 Å². The van der Waals surface area contributed by atoms with Gasteiger partial charge in [-0.1, -0.05) is 55.4 Å². The molecule has 0 spiro atoms. The van der Waals surface area contributed by atoms with Crippen molar-refractivity contribution in [2.75, 3.05) is 52.9 Å². The summed E-state index contributed by atoms with van der Waals surface area (Å²) in [4.78, 5) is 48.2. The fourth-order valence-electron chi connectivity index (χ4n) is 2.72. The van der Waals surface area contributed by atoms with E-state index in [0.717, 1.165) is 0 Å². The zero-order valence-electron chi connectivity index (χ0n) is 26.2. The smallest absolute Gasteiger partial charge is 0.463 e. The molecule has 0 saturated heterocycles. The van der Waals surface area contributed by atoms with Gasteiger partial charge in [0.25, 0.3) is 0 Å². The Bertz CT molecular complexity index is 637. The SMILES string of the molecule is CCC(C)C(=O)OCCO[Si](OCCOC(=O)C(C)CC)(OCCOC(=O)C(C)CC)OCCOC(=O)C(C)CC. The maximum atomic E-state index is 12.1. The highest BCUT2D eigenvalue weighted by Crippen LogP contribution is 2.14. The summed E-state index contributed by atoms with van der Waals surface area (Å²) in [5.74, 6) is -2.51. The number of rotatable bonds is 24. The van der Waals surface area contributed by atoms with E-state index >= 15 is 0 Å². The van der Waals surface area contributed by atoms with Crippen LogP contribution in [-0.2, 0) is 55.8 Å². The van der Waals surface area contributed by atoms with E-state index in [0.29, 0.717) is 25.7 Å². The van der Waals surface area contributed by atoms with Gasteiger partial charge in [-0.05, 0) is 25.7 Å². The molecule has 0 fully saturated rings. The van der Waals surface area contributed by atoms with E-state index < -0.39 is 9.05 Å². The van der Waals surface area contributed by atoms with Crippen molar-refractivity contribution in [1.29, 1.82) is 0 Å². The van der Waals surface area contributed by atoms with Crippen LogP contribution in [0.4, 0.5) is 0 Å². The maximum Gasteiger partial charge on any atom is 0.680 e. The van der Waals surface area contributed by atoms with Crippen LogP contribution < -0.4 is 0 Å². The van der Waals surface area contributed by atoms with E-state index in [2.05, 4.69) is 0 Å². The molecule has 12 nitrogen and oxygen atoms in total. The van der Waals surface area contributed by atoms with E-state index in [1.165, 1.54) is 0 Å². The van der Waals surface area contributed by atoms with Gasteiger partial charge in [-0.2, -0.15) is 0 Å². The van der Waals surface area contributed by atoms with Crippen LogP contribution in [-0.4, -0.2) is 85.8 Å². The topological polar surface area (TPSA) is 142 Å². The molecule has 0 aliphatic carbocycles. The summed E-state index contributed by atoms with van der Waals surface area (Å²) in [6.45, 7) is 13.8. The number of hydrogen-bond donors (Lipinski definition) is 0. The van der Waals surface area contributed by atoms with Gasteiger partial charge in [-0.15, -0.1) is 0 Å². The standard InChI is InChI=1S/C28H52O12Si/c1-9-21(5)25(29)33-13-17-37-41(38-18-14-34-26(30)22(6)10-2,39-19-15-35-27(31)23(7)11-3)40-20-16-36-28(32)24(8)12-4/h21-24H,9-20H2,1-8H3. The predicted molar refractivity (Wildman–Crippen MR) is 151 cm³/mol. The minimum absolute atomic E-state index is 0.0804. The lowest BCUT2D eigenvalue weighted by atomic mass is 10.1. The summed E-state index contributed by atoms with van der Waals surface area (Å²) in [6.07, 6.45) is 2.53. The first-order chi connectivity index (χ1) is 19.5. The molecule has 0 heterocycles. The summed E-state index contributed by atoms with van der Waals surface area (Å²) < 4.78 is 44.6. The summed E-state index contributed by atoms with van der Waals surface area (Å²) >= 11 is 0. The summed E-state index contributed by atoms with van der Waals surface area (Å²) in [5.41, 5.74) is 0. The molecular weight excluding hydrogens is 556 g/mol. The summed E-state index contributed by atoms with van der Waals surface area (Å²) in [7, 11) is -3.99. The molecule has 0 aromatic carbocycles. The summed E-state index contributed by atoms with van der Waals surface area (Å²) in [6, 6.07) is 0. The molecule has 0 aliphatic rings. The highest BCUT2D eigenvalue weighted by atomic mass is 28.4. The molecule has 0 saturated carbocycles. The Labute approximate surface area is 246 Å². The second-order valence-electron chi connectivity index (χ2n) is 9.80. The Morgan fingerprint density at radius 3 is 0.780 bits per heavy atom. The van der Waals surface area contributed by atoms with Crippen molar-refractivity contribution in [2.24, 2.45) is 23.7 Å². The molecular formula is C28H52O12Si. The van der Waals surface area contributed by atoms with Crippen molar-refractivity contribution in [3.63, 3.8) is 0 Å². The van der Waals surface area contributed by atoms with Crippen molar-refractivity contribution in [1.82, 2.24) is 0 Å². The van der Waals surface area contributed by atoms with Gasteiger partial charge in [-0.3, -0.25) is 19.2 Å². The van der Waals surface area contributed by atoms with Crippen LogP contribution in [0.3, 0.4) is 0 Å². The first kappa shape index (κ1) is 38.9. The Balaban J connectivity index is 5.46. The number of esters is 4. The Morgan fingerprint density at radius 1 is 0.415 bits per heavy atom. The molecule has 0 aliphatic heterocycles. The minimum Gasteiger partial charge on any atom is -0.463 e. The Morgan fingerprint density at radius 2 is 0.610 bits per heavy atom. The third-order valence-electron chi connectivity index (χ3n) is 6.48. The molecule has 0 rings (SSSR count). The number of hydrogen-bond acceptors (Lipinski definition) is 12. The molecule has 0 aromatic rings. The first-order valence-corrected chi connectivity index (χ1v) is 16.3. The van der Waals surface area contributed by atoms with Gasteiger partial charge in [-0.25, -0.2) is 0 Å². The second-order valence-corrected chi connectivity index (χ2v) is 12.0. The highest BCUT2D eigenvalue weighted by Gasteiger charge is 2.46. The van der Waals surface area contributed by atoms with Gasteiger partial charge in [0.2, 0.25) is 0 Å². The van der Waals surface area contributed by atoms with Crippen molar-refractivity contribution < 1.29 is 55.8 Å².